The van der Waals surface area contributed by atoms with Crippen molar-refractivity contribution in [2.75, 3.05) is 0 Å². The number of hydrogen-bond acceptors (Lipinski definition) is 4. The molecular weight excluding hydrogens is 336 g/mol. The van der Waals surface area contributed by atoms with Crippen molar-refractivity contribution in [2.24, 2.45) is 5.92 Å². The van der Waals surface area contributed by atoms with Gasteiger partial charge in [0, 0.05) is 5.92 Å². The minimum atomic E-state index is -3.55. The molecule has 0 aliphatic carbocycles. The molecule has 0 N–H and O–H groups in total. The smallest absolute Gasteiger partial charge is 0.205 e. The summed E-state index contributed by atoms with van der Waals surface area (Å²) < 4.78 is 37.9. The van der Waals surface area contributed by atoms with E-state index in [-0.39, 0.29) is 18.1 Å². The van der Waals surface area contributed by atoms with Crippen molar-refractivity contribution >= 4 is 9.84 Å². The molecule has 4 atom stereocenters. The molecular formula is C20H20O4S. The molecule has 0 amide bonds. The predicted molar refractivity (Wildman–Crippen MR) is 94.6 cm³/mol. The van der Waals surface area contributed by atoms with Crippen LogP contribution < -0.4 is 0 Å². The van der Waals surface area contributed by atoms with Gasteiger partial charge in [-0.05, 0) is 23.8 Å². The highest BCUT2D eigenvalue weighted by Gasteiger charge is 2.52. The van der Waals surface area contributed by atoms with Gasteiger partial charge in [0.1, 0.15) is 6.10 Å². The molecule has 5 heteroatoms. The first-order valence-electron chi connectivity index (χ1n) is 8.40. The molecule has 0 unspecified atom stereocenters. The van der Waals surface area contributed by atoms with Gasteiger partial charge >= 0.3 is 0 Å². The van der Waals surface area contributed by atoms with E-state index in [1.54, 1.807) is 36.4 Å². The Labute approximate surface area is 148 Å². The van der Waals surface area contributed by atoms with Gasteiger partial charge in [-0.3, -0.25) is 0 Å². The Morgan fingerprint density at radius 2 is 1.64 bits per heavy atom. The average Bonchev–Trinajstić information content (AvgIpc) is 3.21. The molecule has 0 spiro atoms. The van der Waals surface area contributed by atoms with Gasteiger partial charge < -0.3 is 9.47 Å². The fraction of sp³-hybridized carbons (Fsp3) is 0.300. The second kappa shape index (κ2) is 6.41. The summed E-state index contributed by atoms with van der Waals surface area (Å²) in [6.45, 7) is 2.49. The standard InChI is InChI=1S/C20H20O4S/c1-14-17-12-18(25(21,22)16-10-6-3-7-11-16)20(24-17)19(14)23-13-15-8-4-2-5-9-15/h2-12,14,17,19-20H,13H2,1H3/t14-,17-,19+,20+/m0/s1. The fourth-order valence-corrected chi connectivity index (χ4v) is 5.09. The van der Waals surface area contributed by atoms with Crippen molar-refractivity contribution in [3.8, 4) is 0 Å². The molecule has 25 heavy (non-hydrogen) atoms. The van der Waals surface area contributed by atoms with Gasteiger partial charge in [0.2, 0.25) is 9.84 Å². The second-order valence-electron chi connectivity index (χ2n) is 6.53. The molecule has 2 bridgehead atoms. The molecule has 2 aliphatic heterocycles. The molecule has 0 aromatic heterocycles. The van der Waals surface area contributed by atoms with Gasteiger partial charge in [-0.25, -0.2) is 8.42 Å². The van der Waals surface area contributed by atoms with Gasteiger partial charge in [0.15, 0.2) is 0 Å². The summed E-state index contributed by atoms with van der Waals surface area (Å²) in [4.78, 5) is 0.631. The minimum Gasteiger partial charge on any atom is -0.370 e. The van der Waals surface area contributed by atoms with Crippen LogP contribution in [0.4, 0.5) is 0 Å². The first-order chi connectivity index (χ1) is 12.1. The first kappa shape index (κ1) is 16.5. The van der Waals surface area contributed by atoms with E-state index in [2.05, 4.69) is 0 Å². The zero-order chi connectivity index (χ0) is 17.4. The molecule has 2 heterocycles. The van der Waals surface area contributed by atoms with Gasteiger partial charge in [-0.15, -0.1) is 0 Å². The highest BCUT2D eigenvalue weighted by Crippen LogP contribution is 2.43. The highest BCUT2D eigenvalue weighted by atomic mass is 32.2. The van der Waals surface area contributed by atoms with E-state index in [4.69, 9.17) is 9.47 Å². The van der Waals surface area contributed by atoms with Crippen molar-refractivity contribution < 1.29 is 17.9 Å². The van der Waals surface area contributed by atoms with Gasteiger partial charge in [0.05, 0.1) is 28.6 Å². The summed E-state index contributed by atoms with van der Waals surface area (Å²) in [6.07, 6.45) is 0.747. The number of fused-ring (bicyclic) bond motifs is 2. The molecule has 4 rings (SSSR count). The summed E-state index contributed by atoms with van der Waals surface area (Å²) in [6, 6.07) is 18.4. The molecule has 0 radical (unpaired) electrons. The van der Waals surface area contributed by atoms with E-state index in [9.17, 15) is 8.42 Å². The summed E-state index contributed by atoms with van der Waals surface area (Å²) in [5.74, 6) is 0.128. The van der Waals surface area contributed by atoms with Crippen LogP contribution in [0.2, 0.25) is 0 Å². The zero-order valence-corrected chi connectivity index (χ0v) is 14.7. The number of rotatable bonds is 5. The Balaban J connectivity index is 1.56. The van der Waals surface area contributed by atoms with Gasteiger partial charge in [0.25, 0.3) is 0 Å². The monoisotopic (exact) mass is 356 g/mol. The molecule has 130 valence electrons. The second-order valence-corrected chi connectivity index (χ2v) is 8.48. The van der Waals surface area contributed by atoms with E-state index in [1.807, 2.05) is 37.3 Å². The van der Waals surface area contributed by atoms with Crippen LogP contribution in [0.25, 0.3) is 0 Å². The third-order valence-corrected chi connectivity index (χ3v) is 6.78. The quantitative estimate of drug-likeness (QED) is 0.824. The van der Waals surface area contributed by atoms with Crippen LogP contribution in [-0.2, 0) is 25.9 Å². The molecule has 1 fully saturated rings. The Morgan fingerprint density at radius 1 is 1.00 bits per heavy atom. The minimum absolute atomic E-state index is 0.128. The summed E-state index contributed by atoms with van der Waals surface area (Å²) in [5.41, 5.74) is 1.06. The molecule has 2 aliphatic rings. The lowest BCUT2D eigenvalue weighted by atomic mass is 9.93. The van der Waals surface area contributed by atoms with E-state index in [0.717, 1.165) is 5.56 Å². The fourth-order valence-electron chi connectivity index (χ4n) is 3.49. The van der Waals surface area contributed by atoms with Crippen LogP contribution in [0.15, 0.2) is 76.5 Å². The third kappa shape index (κ3) is 2.92. The van der Waals surface area contributed by atoms with E-state index in [0.29, 0.717) is 16.4 Å². The largest absolute Gasteiger partial charge is 0.370 e. The van der Waals surface area contributed by atoms with Crippen molar-refractivity contribution in [1.82, 2.24) is 0 Å². The normalized spacial score (nSPS) is 28.1. The van der Waals surface area contributed by atoms with Gasteiger partial charge in [-0.2, -0.15) is 0 Å². The Kier molecular flexibility index (Phi) is 4.23. The molecule has 4 nitrogen and oxygen atoms in total. The maximum Gasteiger partial charge on any atom is 0.205 e. The van der Waals surface area contributed by atoms with Crippen molar-refractivity contribution in [3.05, 3.63) is 77.2 Å². The van der Waals surface area contributed by atoms with E-state index >= 15 is 0 Å². The van der Waals surface area contributed by atoms with E-state index in [1.165, 1.54) is 0 Å². The van der Waals surface area contributed by atoms with Crippen LogP contribution in [-0.4, -0.2) is 26.7 Å². The number of benzene rings is 2. The van der Waals surface area contributed by atoms with Crippen LogP contribution in [0.5, 0.6) is 0 Å². The van der Waals surface area contributed by atoms with Crippen molar-refractivity contribution in [3.63, 3.8) is 0 Å². The average molecular weight is 356 g/mol. The summed E-state index contributed by atoms with van der Waals surface area (Å²) in [7, 11) is -3.55. The summed E-state index contributed by atoms with van der Waals surface area (Å²) in [5, 5.41) is 0. The Morgan fingerprint density at radius 3 is 2.28 bits per heavy atom. The lowest BCUT2D eigenvalue weighted by Crippen LogP contribution is -2.35. The number of sulfone groups is 1. The Bertz CT molecular complexity index is 874. The maximum atomic E-state index is 12.9. The van der Waals surface area contributed by atoms with E-state index < -0.39 is 15.9 Å². The lowest BCUT2D eigenvalue weighted by Gasteiger charge is -2.26. The highest BCUT2D eigenvalue weighted by molar-refractivity contribution is 7.95. The van der Waals surface area contributed by atoms with Crippen LogP contribution in [0.3, 0.4) is 0 Å². The van der Waals surface area contributed by atoms with Crippen LogP contribution in [0.1, 0.15) is 12.5 Å². The third-order valence-electron chi connectivity index (χ3n) is 4.90. The maximum absolute atomic E-state index is 12.9. The lowest BCUT2D eigenvalue weighted by molar-refractivity contribution is -0.00763. The Hall–Kier alpha value is -1.95. The predicted octanol–water partition coefficient (Wildman–Crippen LogP) is 3.35. The topological polar surface area (TPSA) is 52.6 Å². The van der Waals surface area contributed by atoms with Crippen LogP contribution >= 0.6 is 0 Å². The van der Waals surface area contributed by atoms with Crippen molar-refractivity contribution in [1.29, 1.82) is 0 Å². The zero-order valence-electron chi connectivity index (χ0n) is 13.9. The number of ether oxygens (including phenoxy) is 2. The van der Waals surface area contributed by atoms with Gasteiger partial charge in [-0.1, -0.05) is 55.5 Å². The molecule has 2 aromatic rings. The SMILES string of the molecule is C[C@@H]1[C@@H](OCc2ccccc2)[C@@H]2O[C@H]1C=C2S(=O)(=O)c1ccccc1. The molecule has 1 saturated heterocycles. The molecule has 2 aromatic carbocycles. The van der Waals surface area contributed by atoms with Crippen LogP contribution in [0, 0.1) is 5.92 Å². The molecule has 0 saturated carbocycles. The number of hydrogen-bond donors (Lipinski definition) is 0. The summed E-state index contributed by atoms with van der Waals surface area (Å²) >= 11 is 0. The first-order valence-corrected chi connectivity index (χ1v) is 9.88. The van der Waals surface area contributed by atoms with Crippen molar-refractivity contribution in [2.45, 2.75) is 36.7 Å².